The second-order valence-electron chi connectivity index (χ2n) is 5.84. The van der Waals surface area contributed by atoms with E-state index in [9.17, 15) is 4.79 Å². The van der Waals surface area contributed by atoms with E-state index in [4.69, 9.17) is 0 Å². The number of aromatic nitrogens is 4. The third-order valence-electron chi connectivity index (χ3n) is 4.47. The Hall–Kier alpha value is -3.22. The van der Waals surface area contributed by atoms with Gasteiger partial charge in [-0.2, -0.15) is 5.21 Å². The zero-order valence-corrected chi connectivity index (χ0v) is 13.9. The molecule has 1 aliphatic rings. The molecule has 1 N–H and O–H groups in total. The summed E-state index contributed by atoms with van der Waals surface area (Å²) in [5.41, 5.74) is 3.53. The van der Waals surface area contributed by atoms with Crippen molar-refractivity contribution in [2.24, 2.45) is 0 Å². The third-order valence-corrected chi connectivity index (χ3v) is 4.47. The molecule has 1 aliphatic heterocycles. The summed E-state index contributed by atoms with van der Waals surface area (Å²) in [6.45, 7) is 4.57. The molecule has 3 aromatic rings. The minimum atomic E-state index is 0.00265. The topological polar surface area (TPSA) is 78.0 Å². The maximum Gasteiger partial charge on any atom is 0.258 e. The number of amides is 1. The van der Waals surface area contributed by atoms with Crippen LogP contribution < -0.4 is 9.80 Å². The Labute approximate surface area is 145 Å². The van der Waals surface area contributed by atoms with Crippen LogP contribution in [0.2, 0.25) is 0 Å². The van der Waals surface area contributed by atoms with Crippen LogP contribution in [0.4, 0.5) is 11.4 Å². The summed E-state index contributed by atoms with van der Waals surface area (Å²) in [5, 5.41) is 13.9. The second kappa shape index (κ2) is 6.35. The van der Waals surface area contributed by atoms with Crippen molar-refractivity contribution in [2.45, 2.75) is 6.92 Å². The molecule has 2 aromatic carbocycles. The van der Waals surface area contributed by atoms with Crippen LogP contribution >= 0.6 is 0 Å². The molecule has 7 nitrogen and oxygen atoms in total. The molecular formula is C18H18N6O. The maximum absolute atomic E-state index is 13.0. The van der Waals surface area contributed by atoms with Crippen LogP contribution in [0.25, 0.3) is 11.4 Å². The molecule has 0 saturated heterocycles. The van der Waals surface area contributed by atoms with Gasteiger partial charge in [-0.3, -0.25) is 4.79 Å². The molecule has 0 saturated carbocycles. The lowest BCUT2D eigenvalue weighted by Crippen LogP contribution is -2.44. The fourth-order valence-corrected chi connectivity index (χ4v) is 3.16. The molecule has 126 valence electrons. The Morgan fingerprint density at radius 1 is 1.08 bits per heavy atom. The molecule has 0 spiro atoms. The van der Waals surface area contributed by atoms with Crippen LogP contribution in [-0.4, -0.2) is 46.2 Å². The van der Waals surface area contributed by atoms with E-state index < -0.39 is 0 Å². The van der Waals surface area contributed by atoms with Gasteiger partial charge in [-0.25, -0.2) is 0 Å². The lowest BCUT2D eigenvalue weighted by Gasteiger charge is -2.37. The number of carbonyl (C=O) groups is 1. The Balaban J connectivity index is 1.63. The van der Waals surface area contributed by atoms with Crippen LogP contribution in [0.3, 0.4) is 0 Å². The van der Waals surface area contributed by atoms with Gasteiger partial charge in [0, 0.05) is 30.8 Å². The number of hydrogen-bond donors (Lipinski definition) is 1. The number of hydrogen-bond acceptors (Lipinski definition) is 5. The van der Waals surface area contributed by atoms with Crippen LogP contribution in [-0.2, 0) is 0 Å². The van der Waals surface area contributed by atoms with Gasteiger partial charge in [0.2, 0.25) is 5.82 Å². The molecule has 1 amide bonds. The van der Waals surface area contributed by atoms with E-state index >= 15 is 0 Å². The summed E-state index contributed by atoms with van der Waals surface area (Å²) in [7, 11) is 0. The number of fused-ring (bicyclic) bond motifs is 1. The molecule has 2 heterocycles. The summed E-state index contributed by atoms with van der Waals surface area (Å²) in [4.78, 5) is 17.2. The van der Waals surface area contributed by atoms with Crippen molar-refractivity contribution in [3.8, 4) is 11.4 Å². The fraction of sp³-hybridized carbons (Fsp3) is 0.222. The SMILES string of the molecule is CCN1CCN(C(=O)c2ccc(-c3nn[nH]n3)cc2)c2ccccc21. The van der Waals surface area contributed by atoms with E-state index in [1.54, 1.807) is 0 Å². The average Bonchev–Trinajstić information content (AvgIpc) is 3.21. The van der Waals surface area contributed by atoms with Gasteiger partial charge in [0.25, 0.3) is 5.91 Å². The highest BCUT2D eigenvalue weighted by molar-refractivity contribution is 6.08. The van der Waals surface area contributed by atoms with Crippen molar-refractivity contribution in [3.63, 3.8) is 0 Å². The van der Waals surface area contributed by atoms with Crippen molar-refractivity contribution in [1.82, 2.24) is 20.6 Å². The normalized spacial score (nSPS) is 13.6. The number of rotatable bonds is 3. The highest BCUT2D eigenvalue weighted by Crippen LogP contribution is 2.33. The van der Waals surface area contributed by atoms with Crippen molar-refractivity contribution in [1.29, 1.82) is 0 Å². The van der Waals surface area contributed by atoms with Crippen LogP contribution in [0.5, 0.6) is 0 Å². The number of aromatic amines is 1. The Bertz CT molecular complexity index is 875. The molecule has 4 rings (SSSR count). The molecule has 25 heavy (non-hydrogen) atoms. The number of nitrogens with one attached hydrogen (secondary N) is 1. The number of nitrogens with zero attached hydrogens (tertiary/aromatic N) is 5. The number of likely N-dealkylation sites (N-methyl/N-ethyl adjacent to an activating group) is 1. The van der Waals surface area contributed by atoms with Crippen molar-refractivity contribution < 1.29 is 4.79 Å². The lowest BCUT2D eigenvalue weighted by atomic mass is 10.1. The molecule has 7 heteroatoms. The first-order valence-electron chi connectivity index (χ1n) is 8.27. The maximum atomic E-state index is 13.0. The third kappa shape index (κ3) is 2.73. The largest absolute Gasteiger partial charge is 0.368 e. The quantitative estimate of drug-likeness (QED) is 0.795. The van der Waals surface area contributed by atoms with Gasteiger partial charge in [-0.05, 0) is 36.4 Å². The van der Waals surface area contributed by atoms with E-state index in [0.29, 0.717) is 17.9 Å². The minimum absolute atomic E-state index is 0.00265. The predicted octanol–water partition coefficient (Wildman–Crippen LogP) is 2.35. The Kier molecular flexibility index (Phi) is 3.89. The second-order valence-corrected chi connectivity index (χ2v) is 5.84. The number of benzene rings is 2. The number of carbonyl (C=O) groups excluding carboxylic acids is 1. The van der Waals surface area contributed by atoms with E-state index in [0.717, 1.165) is 30.0 Å². The monoisotopic (exact) mass is 334 g/mol. The van der Waals surface area contributed by atoms with E-state index in [-0.39, 0.29) is 5.91 Å². The first-order valence-corrected chi connectivity index (χ1v) is 8.27. The van der Waals surface area contributed by atoms with E-state index in [1.165, 1.54) is 0 Å². The van der Waals surface area contributed by atoms with Crippen LogP contribution in [0, 0.1) is 0 Å². The van der Waals surface area contributed by atoms with Gasteiger partial charge in [0.05, 0.1) is 11.4 Å². The predicted molar refractivity (Wildman–Crippen MR) is 95.6 cm³/mol. The number of para-hydroxylation sites is 2. The first-order chi connectivity index (χ1) is 12.3. The summed E-state index contributed by atoms with van der Waals surface area (Å²) < 4.78 is 0. The molecule has 0 radical (unpaired) electrons. The van der Waals surface area contributed by atoms with Gasteiger partial charge in [0.15, 0.2) is 0 Å². The molecule has 0 unspecified atom stereocenters. The molecule has 0 atom stereocenters. The fourth-order valence-electron chi connectivity index (χ4n) is 3.16. The zero-order chi connectivity index (χ0) is 17.2. The average molecular weight is 334 g/mol. The number of tetrazole rings is 1. The lowest BCUT2D eigenvalue weighted by molar-refractivity contribution is 0.0986. The number of anilines is 2. The standard InChI is InChI=1S/C18H18N6O/c1-2-23-11-12-24(16-6-4-3-5-15(16)23)18(25)14-9-7-13(8-10-14)17-19-21-22-20-17/h3-10H,2,11-12H2,1H3,(H,19,20,21,22). The van der Waals surface area contributed by atoms with Gasteiger partial charge in [-0.15, -0.1) is 10.2 Å². The first kappa shape index (κ1) is 15.3. The van der Waals surface area contributed by atoms with Crippen molar-refractivity contribution in [3.05, 3.63) is 54.1 Å². The smallest absolute Gasteiger partial charge is 0.258 e. The molecule has 0 bridgehead atoms. The van der Waals surface area contributed by atoms with Crippen LogP contribution in [0.1, 0.15) is 17.3 Å². The molecule has 0 fully saturated rings. The summed E-state index contributed by atoms with van der Waals surface area (Å²) in [5.74, 6) is 0.517. The molecule has 1 aromatic heterocycles. The van der Waals surface area contributed by atoms with Crippen LogP contribution in [0.15, 0.2) is 48.5 Å². The molecule has 0 aliphatic carbocycles. The van der Waals surface area contributed by atoms with Crippen molar-refractivity contribution >= 4 is 17.3 Å². The van der Waals surface area contributed by atoms with E-state index in [2.05, 4.69) is 38.5 Å². The summed E-state index contributed by atoms with van der Waals surface area (Å²) in [6.07, 6.45) is 0. The highest BCUT2D eigenvalue weighted by Gasteiger charge is 2.26. The highest BCUT2D eigenvalue weighted by atomic mass is 16.2. The summed E-state index contributed by atoms with van der Waals surface area (Å²) >= 11 is 0. The summed E-state index contributed by atoms with van der Waals surface area (Å²) in [6, 6.07) is 15.3. The zero-order valence-electron chi connectivity index (χ0n) is 13.9. The van der Waals surface area contributed by atoms with E-state index in [1.807, 2.05) is 47.4 Å². The van der Waals surface area contributed by atoms with Crippen molar-refractivity contribution in [2.75, 3.05) is 29.4 Å². The van der Waals surface area contributed by atoms with Gasteiger partial charge in [-0.1, -0.05) is 24.3 Å². The van der Waals surface area contributed by atoms with Gasteiger partial charge < -0.3 is 9.80 Å². The Morgan fingerprint density at radius 3 is 2.52 bits per heavy atom. The van der Waals surface area contributed by atoms with Gasteiger partial charge >= 0.3 is 0 Å². The van der Waals surface area contributed by atoms with Gasteiger partial charge in [0.1, 0.15) is 0 Å². The minimum Gasteiger partial charge on any atom is -0.368 e. The Morgan fingerprint density at radius 2 is 1.84 bits per heavy atom. The number of H-pyrrole nitrogens is 1. The molecular weight excluding hydrogens is 316 g/mol.